The molecule has 0 bridgehead atoms. The number of nitrogens with one attached hydrogen (secondary N) is 1. The van der Waals surface area contributed by atoms with E-state index in [4.69, 9.17) is 0 Å². The van der Waals surface area contributed by atoms with E-state index in [0.717, 1.165) is 22.6 Å². The molecule has 8 heteroatoms. The van der Waals surface area contributed by atoms with Crippen LogP contribution in [0.3, 0.4) is 0 Å². The molecule has 1 aliphatic rings. The van der Waals surface area contributed by atoms with Gasteiger partial charge in [0.1, 0.15) is 6.54 Å². The molecule has 0 atom stereocenters. The zero-order chi connectivity index (χ0) is 23.4. The van der Waals surface area contributed by atoms with Crippen LogP contribution in [0.15, 0.2) is 73.0 Å². The smallest absolute Gasteiger partial charge is 0.335 e. The van der Waals surface area contributed by atoms with Crippen molar-refractivity contribution in [1.82, 2.24) is 0 Å². The minimum Gasteiger partial charge on any atom is -0.748 e. The molecule has 2 aromatic rings. The summed E-state index contributed by atoms with van der Waals surface area (Å²) in [7, 11) is -4.31. The summed E-state index contributed by atoms with van der Waals surface area (Å²) >= 11 is 0. The zero-order valence-corrected chi connectivity index (χ0v) is 18.8. The van der Waals surface area contributed by atoms with Crippen LogP contribution in [0.2, 0.25) is 0 Å². The van der Waals surface area contributed by atoms with E-state index in [9.17, 15) is 22.9 Å². The first-order chi connectivity index (χ1) is 15.1. The molecule has 1 heterocycles. The summed E-state index contributed by atoms with van der Waals surface area (Å²) in [6.07, 6.45) is 7.62. The molecule has 0 saturated heterocycles. The predicted molar refractivity (Wildman–Crippen MR) is 124 cm³/mol. The Morgan fingerprint density at radius 3 is 2.53 bits per heavy atom. The van der Waals surface area contributed by atoms with Gasteiger partial charge in [0.2, 0.25) is 5.69 Å². The Morgan fingerprint density at radius 1 is 1.16 bits per heavy atom. The number of carbonyl (C=O) groups is 1. The molecule has 0 unspecified atom stereocenters. The molecule has 0 radical (unpaired) electrons. The number of fused-ring (bicyclic) bond motifs is 1. The van der Waals surface area contributed by atoms with E-state index in [1.807, 2.05) is 67.0 Å². The number of carboxylic acid groups (broad SMARTS) is 1. The van der Waals surface area contributed by atoms with Gasteiger partial charge in [-0.15, -0.1) is 0 Å². The molecular weight excluding hydrogens is 428 g/mol. The summed E-state index contributed by atoms with van der Waals surface area (Å²) in [6, 6.07) is 14.6. The quantitative estimate of drug-likeness (QED) is 0.338. The van der Waals surface area contributed by atoms with Crippen LogP contribution < -0.4 is 5.32 Å². The Bertz CT molecular complexity index is 1200. The summed E-state index contributed by atoms with van der Waals surface area (Å²) in [5.41, 5.74) is 3.19. The van der Waals surface area contributed by atoms with Crippen molar-refractivity contribution < 1.29 is 27.4 Å². The molecule has 2 N–H and O–H groups in total. The second-order valence-electron chi connectivity index (χ2n) is 8.04. The summed E-state index contributed by atoms with van der Waals surface area (Å²) < 4.78 is 35.2. The van der Waals surface area contributed by atoms with E-state index in [1.165, 1.54) is 6.07 Å². The second-order valence-corrected chi connectivity index (χ2v) is 9.57. The summed E-state index contributed by atoms with van der Waals surface area (Å²) in [4.78, 5) is 11.5. The molecule has 2 aromatic carbocycles. The lowest BCUT2D eigenvalue weighted by Gasteiger charge is -2.15. The van der Waals surface area contributed by atoms with Crippen LogP contribution in [0.4, 0.5) is 11.4 Å². The maximum absolute atomic E-state index is 11.5. The maximum Gasteiger partial charge on any atom is 0.335 e. The van der Waals surface area contributed by atoms with Crippen LogP contribution in [0.5, 0.6) is 0 Å². The van der Waals surface area contributed by atoms with Crippen LogP contribution in [0.1, 0.15) is 36.2 Å². The third-order valence-corrected chi connectivity index (χ3v) is 6.19. The molecule has 7 nitrogen and oxygen atoms in total. The fraction of sp³-hybridized carbons (Fsp3) is 0.250. The SMILES string of the molecule is CC1(C)C(/C=C/C=C/Nc2ccccc2)=[N+](CCCS(=O)(=O)[O-])c2ccc(C(=O)O)cc21. The van der Waals surface area contributed by atoms with Crippen LogP contribution in [-0.2, 0) is 15.5 Å². The lowest BCUT2D eigenvalue weighted by Crippen LogP contribution is -2.28. The molecule has 3 rings (SSSR count). The molecule has 0 spiro atoms. The monoisotopic (exact) mass is 454 g/mol. The van der Waals surface area contributed by atoms with Crippen molar-refractivity contribution in [3.05, 3.63) is 84.1 Å². The van der Waals surface area contributed by atoms with Crippen LogP contribution in [0.25, 0.3) is 0 Å². The van der Waals surface area contributed by atoms with E-state index in [0.29, 0.717) is 6.54 Å². The number of carboxylic acids is 1. The highest BCUT2D eigenvalue weighted by Crippen LogP contribution is 2.40. The van der Waals surface area contributed by atoms with Gasteiger partial charge in [0.05, 0.1) is 21.1 Å². The standard InChI is InChI=1S/C24H26N2O5S/c1-24(2)20-17-18(23(27)28)12-13-21(20)26(15-8-16-32(29,30)31)22(24)11-6-7-14-25-19-9-4-3-5-10-19/h3-7,9-14,17H,8,15-16H2,1-2H3,(H2,27,28,29,30,31). The van der Waals surface area contributed by atoms with Crippen molar-refractivity contribution in [3.8, 4) is 0 Å². The molecular formula is C24H26N2O5S. The van der Waals surface area contributed by atoms with Gasteiger partial charge in [0.25, 0.3) is 0 Å². The average molecular weight is 455 g/mol. The number of hydrogen-bond acceptors (Lipinski definition) is 5. The molecule has 32 heavy (non-hydrogen) atoms. The fourth-order valence-electron chi connectivity index (χ4n) is 3.83. The Kier molecular flexibility index (Phi) is 6.96. The first-order valence-corrected chi connectivity index (χ1v) is 11.8. The summed E-state index contributed by atoms with van der Waals surface area (Å²) in [6.45, 7) is 4.32. The van der Waals surface area contributed by atoms with Gasteiger partial charge in [-0.3, -0.25) is 0 Å². The van der Waals surface area contributed by atoms with Gasteiger partial charge in [0.15, 0.2) is 5.71 Å². The van der Waals surface area contributed by atoms with Crippen molar-refractivity contribution >= 4 is 33.2 Å². The highest BCUT2D eigenvalue weighted by Gasteiger charge is 2.44. The van der Waals surface area contributed by atoms with Gasteiger partial charge in [-0.1, -0.05) is 24.3 Å². The maximum atomic E-state index is 11.5. The number of benzene rings is 2. The van der Waals surface area contributed by atoms with E-state index in [-0.39, 0.29) is 12.0 Å². The van der Waals surface area contributed by atoms with Gasteiger partial charge in [-0.25, -0.2) is 13.2 Å². The third kappa shape index (κ3) is 5.52. The number of rotatable bonds is 9. The minimum absolute atomic E-state index is 0.171. The predicted octanol–water partition coefficient (Wildman–Crippen LogP) is 3.88. The topological polar surface area (TPSA) is 110 Å². The van der Waals surface area contributed by atoms with Crippen molar-refractivity contribution in [3.63, 3.8) is 0 Å². The first-order valence-electron chi connectivity index (χ1n) is 10.2. The molecule has 168 valence electrons. The Labute approximate surface area is 188 Å². The minimum atomic E-state index is -4.31. The number of nitrogens with zero attached hydrogens (tertiary/aromatic N) is 1. The number of allylic oxidation sites excluding steroid dienone is 3. The summed E-state index contributed by atoms with van der Waals surface area (Å²) in [5.74, 6) is -1.46. The number of aromatic carboxylic acids is 1. The van der Waals surface area contributed by atoms with Crippen LogP contribution in [0, 0.1) is 0 Å². The Hall–Kier alpha value is -3.23. The second kappa shape index (κ2) is 9.50. The Balaban J connectivity index is 1.90. The van der Waals surface area contributed by atoms with Gasteiger partial charge in [-0.2, -0.15) is 4.58 Å². The molecule has 0 saturated carbocycles. The Morgan fingerprint density at radius 2 is 1.88 bits per heavy atom. The normalized spacial score (nSPS) is 15.5. The lowest BCUT2D eigenvalue weighted by molar-refractivity contribution is -0.437. The average Bonchev–Trinajstić information content (AvgIpc) is 2.94. The molecule has 1 aliphatic heterocycles. The van der Waals surface area contributed by atoms with Crippen molar-refractivity contribution in [2.75, 3.05) is 17.6 Å². The van der Waals surface area contributed by atoms with E-state index in [1.54, 1.807) is 18.3 Å². The zero-order valence-electron chi connectivity index (χ0n) is 18.0. The fourth-order valence-corrected chi connectivity index (χ4v) is 4.31. The molecule has 0 aliphatic carbocycles. The highest BCUT2D eigenvalue weighted by molar-refractivity contribution is 7.85. The highest BCUT2D eigenvalue weighted by atomic mass is 32.2. The van der Waals surface area contributed by atoms with Gasteiger partial charge >= 0.3 is 5.97 Å². The van der Waals surface area contributed by atoms with Gasteiger partial charge in [0, 0.05) is 41.8 Å². The van der Waals surface area contributed by atoms with Gasteiger partial charge < -0.3 is 15.0 Å². The van der Waals surface area contributed by atoms with E-state index in [2.05, 4.69) is 5.32 Å². The molecule has 0 fully saturated rings. The molecule has 0 aromatic heterocycles. The van der Waals surface area contributed by atoms with Crippen molar-refractivity contribution in [2.45, 2.75) is 25.7 Å². The molecule has 0 amide bonds. The summed E-state index contributed by atoms with van der Waals surface area (Å²) in [5, 5.41) is 12.6. The lowest BCUT2D eigenvalue weighted by atomic mass is 9.81. The van der Waals surface area contributed by atoms with Crippen LogP contribution in [-0.4, -0.2) is 46.6 Å². The third-order valence-electron chi connectivity index (χ3n) is 5.40. The van der Waals surface area contributed by atoms with Crippen LogP contribution >= 0.6 is 0 Å². The number of para-hydroxylation sites is 1. The van der Waals surface area contributed by atoms with Gasteiger partial charge in [-0.05, 0) is 44.2 Å². The number of anilines is 1. The van der Waals surface area contributed by atoms with E-state index >= 15 is 0 Å². The number of hydrogen-bond donors (Lipinski definition) is 2. The van der Waals surface area contributed by atoms with E-state index < -0.39 is 27.3 Å². The van der Waals surface area contributed by atoms with Crippen molar-refractivity contribution in [2.24, 2.45) is 0 Å². The van der Waals surface area contributed by atoms with Crippen molar-refractivity contribution in [1.29, 1.82) is 0 Å². The first kappa shape index (κ1) is 23.4. The largest absolute Gasteiger partial charge is 0.748 e.